The molecule has 0 spiro atoms. The fraction of sp³-hybridized carbons (Fsp3) is 0.0400. The Balaban J connectivity index is 1.97. The zero-order valence-corrected chi connectivity index (χ0v) is 17.5. The van der Waals surface area contributed by atoms with Crippen LogP contribution in [0.1, 0.15) is 20.7 Å². The van der Waals surface area contributed by atoms with Crippen molar-refractivity contribution in [1.29, 1.82) is 0 Å². The van der Waals surface area contributed by atoms with Crippen molar-refractivity contribution in [2.75, 3.05) is 12.4 Å². The first kappa shape index (κ1) is 21.5. The lowest BCUT2D eigenvalue weighted by Gasteiger charge is -2.17. The Labute approximate surface area is 189 Å². The number of rotatable bonds is 6. The molecule has 0 amide bonds. The van der Waals surface area contributed by atoms with Crippen molar-refractivity contribution in [3.8, 4) is 28.1 Å². The van der Waals surface area contributed by atoms with Crippen LogP contribution in [0.3, 0.4) is 0 Å². The average Bonchev–Trinajstić information content (AvgIpc) is 2.85. The van der Waals surface area contributed by atoms with Crippen LogP contribution in [0.4, 0.5) is 11.5 Å². The van der Waals surface area contributed by atoms with Crippen molar-refractivity contribution >= 4 is 23.4 Å². The van der Waals surface area contributed by atoms with E-state index in [4.69, 9.17) is 4.74 Å². The molecule has 0 unspecified atom stereocenters. The minimum absolute atomic E-state index is 0.0122. The Kier molecular flexibility index (Phi) is 5.99. The maximum Gasteiger partial charge on any atom is 0.342 e. The zero-order valence-electron chi connectivity index (χ0n) is 17.5. The van der Waals surface area contributed by atoms with Gasteiger partial charge in [0.2, 0.25) is 0 Å². The molecule has 1 aromatic heterocycles. The van der Waals surface area contributed by atoms with Crippen molar-refractivity contribution in [2.24, 2.45) is 0 Å². The lowest BCUT2D eigenvalue weighted by atomic mass is 9.95. The van der Waals surface area contributed by atoms with E-state index in [0.29, 0.717) is 16.8 Å². The highest BCUT2D eigenvalue weighted by Gasteiger charge is 2.26. The molecule has 0 saturated carbocycles. The second-order valence-electron chi connectivity index (χ2n) is 7.03. The number of esters is 1. The lowest BCUT2D eigenvalue weighted by molar-refractivity contribution is 0.0601. The van der Waals surface area contributed by atoms with Gasteiger partial charge in [-0.2, -0.15) is 0 Å². The Morgan fingerprint density at radius 1 is 0.879 bits per heavy atom. The number of nitrogens with zero attached hydrogens (tertiary/aromatic N) is 2. The number of phenols is 1. The summed E-state index contributed by atoms with van der Waals surface area (Å²) in [5.41, 5.74) is 2.51. The van der Waals surface area contributed by atoms with Crippen LogP contribution in [-0.2, 0) is 4.74 Å². The maximum atomic E-state index is 13.0. The molecule has 0 radical (unpaired) electrons. The first-order chi connectivity index (χ1) is 16.0. The Bertz CT molecular complexity index is 1320. The van der Waals surface area contributed by atoms with Crippen molar-refractivity contribution < 1.29 is 24.5 Å². The summed E-state index contributed by atoms with van der Waals surface area (Å²) in [4.78, 5) is 24.3. The predicted octanol–water partition coefficient (Wildman–Crippen LogP) is 4.74. The van der Waals surface area contributed by atoms with Gasteiger partial charge < -0.3 is 20.3 Å². The van der Waals surface area contributed by atoms with E-state index < -0.39 is 11.9 Å². The summed E-state index contributed by atoms with van der Waals surface area (Å²) < 4.78 is 5.06. The molecule has 4 rings (SSSR count). The van der Waals surface area contributed by atoms with Crippen LogP contribution in [0.25, 0.3) is 22.4 Å². The van der Waals surface area contributed by atoms with Gasteiger partial charge in [-0.1, -0.05) is 60.7 Å². The van der Waals surface area contributed by atoms with Crippen molar-refractivity contribution in [3.63, 3.8) is 0 Å². The molecular weight excluding hydrogens is 422 g/mol. The maximum absolute atomic E-state index is 13.0. The highest BCUT2D eigenvalue weighted by molar-refractivity contribution is 6.06. The molecule has 4 aromatic rings. The SMILES string of the molecule is COC(=O)c1c(Nc2cc(C(=O)O)ccc2O)nnc(-c2ccccc2)c1-c1ccccc1. The molecule has 0 aliphatic carbocycles. The van der Waals surface area contributed by atoms with E-state index in [9.17, 15) is 19.8 Å². The lowest BCUT2D eigenvalue weighted by Crippen LogP contribution is -2.12. The molecule has 3 N–H and O–H groups in total. The van der Waals surface area contributed by atoms with Gasteiger partial charge in [0.15, 0.2) is 5.82 Å². The van der Waals surface area contributed by atoms with Crippen LogP contribution in [0.5, 0.6) is 5.75 Å². The molecular formula is C25H19N3O5. The van der Waals surface area contributed by atoms with Gasteiger partial charge >= 0.3 is 11.9 Å². The number of anilines is 2. The summed E-state index contributed by atoms with van der Waals surface area (Å²) >= 11 is 0. The number of nitrogens with one attached hydrogen (secondary N) is 1. The summed E-state index contributed by atoms with van der Waals surface area (Å²) in [5.74, 6) is -2.04. The summed E-state index contributed by atoms with van der Waals surface area (Å²) in [6.45, 7) is 0. The fourth-order valence-corrected chi connectivity index (χ4v) is 3.41. The normalized spacial score (nSPS) is 10.5. The highest BCUT2D eigenvalue weighted by atomic mass is 16.5. The van der Waals surface area contributed by atoms with Gasteiger partial charge in [0.25, 0.3) is 0 Å². The third-order valence-corrected chi connectivity index (χ3v) is 4.97. The van der Waals surface area contributed by atoms with E-state index >= 15 is 0 Å². The Hall–Kier alpha value is -4.72. The second kappa shape index (κ2) is 9.19. The van der Waals surface area contributed by atoms with E-state index in [1.54, 1.807) is 0 Å². The second-order valence-corrected chi connectivity index (χ2v) is 7.03. The van der Waals surface area contributed by atoms with Crippen molar-refractivity contribution in [3.05, 3.63) is 90.0 Å². The molecule has 8 heteroatoms. The number of benzene rings is 3. The molecule has 0 atom stereocenters. The average molecular weight is 441 g/mol. The van der Waals surface area contributed by atoms with Gasteiger partial charge in [-0.25, -0.2) is 9.59 Å². The topological polar surface area (TPSA) is 122 Å². The molecule has 0 bridgehead atoms. The number of carboxylic acid groups (broad SMARTS) is 1. The number of hydrogen-bond donors (Lipinski definition) is 3. The number of aromatic hydroxyl groups is 1. The van der Waals surface area contributed by atoms with Crippen LogP contribution in [-0.4, -0.2) is 39.5 Å². The van der Waals surface area contributed by atoms with E-state index in [-0.39, 0.29) is 28.4 Å². The molecule has 8 nitrogen and oxygen atoms in total. The molecule has 33 heavy (non-hydrogen) atoms. The third-order valence-electron chi connectivity index (χ3n) is 4.97. The third kappa shape index (κ3) is 4.35. The zero-order chi connectivity index (χ0) is 23.4. The number of carbonyl (C=O) groups excluding carboxylic acids is 1. The van der Waals surface area contributed by atoms with E-state index in [2.05, 4.69) is 15.5 Å². The quantitative estimate of drug-likeness (QED) is 0.290. The first-order valence-corrected chi connectivity index (χ1v) is 9.92. The molecule has 0 fully saturated rings. The van der Waals surface area contributed by atoms with Gasteiger partial charge in [-0.05, 0) is 23.8 Å². The van der Waals surface area contributed by atoms with Gasteiger partial charge in [0.05, 0.1) is 18.4 Å². The largest absolute Gasteiger partial charge is 0.506 e. The summed E-state index contributed by atoms with van der Waals surface area (Å²) in [5, 5.41) is 31.0. The predicted molar refractivity (Wildman–Crippen MR) is 123 cm³/mol. The molecule has 0 aliphatic heterocycles. The Morgan fingerprint density at radius 2 is 1.52 bits per heavy atom. The molecule has 1 heterocycles. The van der Waals surface area contributed by atoms with Gasteiger partial charge in [0, 0.05) is 11.1 Å². The number of phenolic OH excluding ortho intramolecular Hbond substituents is 1. The first-order valence-electron chi connectivity index (χ1n) is 9.92. The monoisotopic (exact) mass is 441 g/mol. The van der Waals surface area contributed by atoms with E-state index in [0.717, 1.165) is 5.56 Å². The summed E-state index contributed by atoms with van der Waals surface area (Å²) in [6, 6.07) is 22.2. The van der Waals surface area contributed by atoms with Gasteiger partial charge in [-0.15, -0.1) is 10.2 Å². The van der Waals surface area contributed by atoms with E-state index in [1.807, 2.05) is 60.7 Å². The number of hydrogen-bond acceptors (Lipinski definition) is 7. The highest BCUT2D eigenvalue weighted by Crippen LogP contribution is 2.38. The molecule has 3 aromatic carbocycles. The molecule has 0 aliphatic rings. The number of carboxylic acids is 1. The Morgan fingerprint density at radius 3 is 2.12 bits per heavy atom. The van der Waals surface area contributed by atoms with Crippen molar-refractivity contribution in [2.45, 2.75) is 0 Å². The van der Waals surface area contributed by atoms with E-state index in [1.165, 1.54) is 25.3 Å². The van der Waals surface area contributed by atoms with Gasteiger partial charge in [-0.3, -0.25) is 0 Å². The van der Waals surface area contributed by atoms with Crippen LogP contribution in [0, 0.1) is 0 Å². The van der Waals surface area contributed by atoms with Gasteiger partial charge in [0.1, 0.15) is 17.0 Å². The van der Waals surface area contributed by atoms with Crippen LogP contribution in [0.2, 0.25) is 0 Å². The number of methoxy groups -OCH3 is 1. The number of carbonyl (C=O) groups is 2. The summed E-state index contributed by atoms with van der Waals surface area (Å²) in [6.07, 6.45) is 0. The molecule has 0 saturated heterocycles. The van der Waals surface area contributed by atoms with Crippen LogP contribution in [0.15, 0.2) is 78.9 Å². The summed E-state index contributed by atoms with van der Waals surface area (Å²) in [7, 11) is 1.26. The number of ether oxygens (including phenoxy) is 1. The van der Waals surface area contributed by atoms with Crippen molar-refractivity contribution in [1.82, 2.24) is 10.2 Å². The number of aromatic nitrogens is 2. The standard InChI is InChI=1S/C25H19N3O5/c1-33-25(32)21-20(15-8-4-2-5-9-15)22(16-10-6-3-7-11-16)27-28-23(21)26-18-14-17(24(30)31)12-13-19(18)29/h2-14,29H,1H3,(H,26,28)(H,30,31). The smallest absolute Gasteiger partial charge is 0.342 e. The molecule has 164 valence electrons. The minimum atomic E-state index is -1.17. The van der Waals surface area contributed by atoms with Crippen LogP contribution >= 0.6 is 0 Å². The fourth-order valence-electron chi connectivity index (χ4n) is 3.41. The van der Waals surface area contributed by atoms with Crippen LogP contribution < -0.4 is 5.32 Å². The number of aromatic carboxylic acids is 1. The minimum Gasteiger partial charge on any atom is -0.506 e.